The molecule has 0 N–H and O–H groups in total. The van der Waals surface area contributed by atoms with Crippen molar-refractivity contribution in [3.8, 4) is 5.69 Å². The summed E-state index contributed by atoms with van der Waals surface area (Å²) in [7, 11) is 0. The second-order valence-corrected chi connectivity index (χ2v) is 9.10. The maximum absolute atomic E-state index is 13.5. The Kier molecular flexibility index (Phi) is 7.47. The Balaban J connectivity index is 1.78. The van der Waals surface area contributed by atoms with Crippen LogP contribution in [0.15, 0.2) is 58.1 Å². The highest BCUT2D eigenvalue weighted by atomic mass is 16.5. The molecule has 9 heteroatoms. The third kappa shape index (κ3) is 5.30. The van der Waals surface area contributed by atoms with Gasteiger partial charge in [-0.15, -0.1) is 0 Å². The van der Waals surface area contributed by atoms with Crippen LogP contribution in [0.1, 0.15) is 46.9 Å². The number of amides is 1. The van der Waals surface area contributed by atoms with Crippen LogP contribution in [-0.2, 0) is 16.1 Å². The summed E-state index contributed by atoms with van der Waals surface area (Å²) in [6.07, 6.45) is 1.21. The number of rotatable bonds is 6. The average Bonchev–Trinajstić information content (AvgIpc) is 2.87. The number of piperidine rings is 1. The van der Waals surface area contributed by atoms with E-state index in [1.807, 2.05) is 44.2 Å². The third-order valence-electron chi connectivity index (χ3n) is 6.30. The number of aryl methyl sites for hydroxylation is 2. The molecule has 188 valence electrons. The molecule has 1 aliphatic heterocycles. The summed E-state index contributed by atoms with van der Waals surface area (Å²) in [6, 6.07) is 14.6. The quantitative estimate of drug-likeness (QED) is 0.492. The lowest BCUT2D eigenvalue weighted by atomic mass is 9.98. The zero-order chi connectivity index (χ0) is 25.8. The van der Waals surface area contributed by atoms with Crippen LogP contribution in [0, 0.1) is 19.8 Å². The summed E-state index contributed by atoms with van der Waals surface area (Å²) in [5.74, 6) is -1.42. The molecule has 36 heavy (non-hydrogen) atoms. The fraction of sp³-hybridized carbons (Fsp3) is 0.370. The van der Waals surface area contributed by atoms with Crippen LogP contribution in [0.3, 0.4) is 0 Å². The molecule has 0 aliphatic carbocycles. The Morgan fingerprint density at radius 3 is 2.50 bits per heavy atom. The molecule has 0 bridgehead atoms. The number of benzene rings is 2. The number of likely N-dealkylation sites (tertiary alicyclic amines) is 1. The Morgan fingerprint density at radius 1 is 1.06 bits per heavy atom. The van der Waals surface area contributed by atoms with E-state index in [-0.39, 0.29) is 31.4 Å². The van der Waals surface area contributed by atoms with Gasteiger partial charge in [-0.2, -0.15) is 9.78 Å². The van der Waals surface area contributed by atoms with Gasteiger partial charge < -0.3 is 9.64 Å². The Morgan fingerprint density at radius 2 is 1.81 bits per heavy atom. The second-order valence-electron chi connectivity index (χ2n) is 9.10. The molecule has 1 amide bonds. The Labute approximate surface area is 208 Å². The van der Waals surface area contributed by atoms with Crippen LogP contribution in [0.5, 0.6) is 0 Å². The predicted molar refractivity (Wildman–Crippen MR) is 134 cm³/mol. The van der Waals surface area contributed by atoms with E-state index in [9.17, 15) is 19.2 Å². The van der Waals surface area contributed by atoms with Gasteiger partial charge in [-0.3, -0.25) is 19.0 Å². The van der Waals surface area contributed by atoms with Crippen LogP contribution in [0.2, 0.25) is 0 Å². The van der Waals surface area contributed by atoms with Crippen molar-refractivity contribution in [3.05, 3.63) is 91.8 Å². The molecule has 1 unspecified atom stereocenters. The highest BCUT2D eigenvalue weighted by Gasteiger charge is 2.32. The summed E-state index contributed by atoms with van der Waals surface area (Å²) >= 11 is 0. The van der Waals surface area contributed by atoms with Crippen LogP contribution < -0.4 is 11.2 Å². The van der Waals surface area contributed by atoms with Gasteiger partial charge in [0.25, 0.3) is 11.5 Å². The Bertz CT molecular complexity index is 1390. The van der Waals surface area contributed by atoms with E-state index in [2.05, 4.69) is 5.10 Å². The van der Waals surface area contributed by atoms with Gasteiger partial charge in [-0.05, 0) is 56.9 Å². The van der Waals surface area contributed by atoms with Gasteiger partial charge >= 0.3 is 11.7 Å². The average molecular weight is 491 g/mol. The summed E-state index contributed by atoms with van der Waals surface area (Å²) in [5, 5.41) is 4.24. The predicted octanol–water partition coefficient (Wildman–Crippen LogP) is 2.47. The van der Waals surface area contributed by atoms with Gasteiger partial charge in [0.2, 0.25) is 5.69 Å². The second kappa shape index (κ2) is 10.7. The van der Waals surface area contributed by atoms with Gasteiger partial charge in [0.1, 0.15) is 0 Å². The molecule has 1 atom stereocenters. The van der Waals surface area contributed by atoms with Gasteiger partial charge in [-0.1, -0.05) is 42.0 Å². The molecule has 1 aromatic heterocycles. The fourth-order valence-corrected chi connectivity index (χ4v) is 4.36. The molecular weight excluding hydrogens is 460 g/mol. The molecular formula is C27H30N4O5. The van der Waals surface area contributed by atoms with Crippen LogP contribution in [-0.4, -0.2) is 50.8 Å². The molecule has 4 rings (SSSR count). The van der Waals surface area contributed by atoms with Gasteiger partial charge in [0, 0.05) is 13.1 Å². The van der Waals surface area contributed by atoms with Crippen molar-refractivity contribution >= 4 is 11.9 Å². The number of esters is 1. The summed E-state index contributed by atoms with van der Waals surface area (Å²) in [5.41, 5.74) is 1.41. The molecule has 2 aromatic carbocycles. The zero-order valence-corrected chi connectivity index (χ0v) is 20.8. The van der Waals surface area contributed by atoms with Crippen LogP contribution >= 0.6 is 0 Å². The van der Waals surface area contributed by atoms with Crippen molar-refractivity contribution in [1.29, 1.82) is 0 Å². The first-order valence-corrected chi connectivity index (χ1v) is 12.1. The van der Waals surface area contributed by atoms with Crippen LogP contribution in [0.25, 0.3) is 5.69 Å². The first-order valence-electron chi connectivity index (χ1n) is 12.1. The Hall–Kier alpha value is -4.01. The largest absolute Gasteiger partial charge is 0.466 e. The lowest BCUT2D eigenvalue weighted by molar-refractivity contribution is -0.149. The number of hydrogen-bond acceptors (Lipinski definition) is 6. The van der Waals surface area contributed by atoms with E-state index in [0.29, 0.717) is 25.1 Å². The molecule has 1 fully saturated rings. The monoisotopic (exact) mass is 490 g/mol. The molecule has 2 heterocycles. The molecule has 0 saturated carbocycles. The zero-order valence-electron chi connectivity index (χ0n) is 20.8. The minimum Gasteiger partial charge on any atom is -0.466 e. The fourth-order valence-electron chi connectivity index (χ4n) is 4.36. The topological polar surface area (TPSA) is 104 Å². The summed E-state index contributed by atoms with van der Waals surface area (Å²) < 4.78 is 7.27. The SMILES string of the molecule is CCOC(=O)C1CCCN(C(=O)c2nn(-c3cccc(C)c3)c(=O)n(Cc3ccc(C)cc3)c2=O)C1. The number of nitrogens with zero attached hydrogens (tertiary/aromatic N) is 4. The highest BCUT2D eigenvalue weighted by Crippen LogP contribution is 2.19. The summed E-state index contributed by atoms with van der Waals surface area (Å²) in [4.78, 5) is 54.2. The standard InChI is InChI=1S/C27H30N4O5/c1-4-36-26(34)21-8-6-14-29(17-21)24(32)23-25(33)30(16-20-12-10-18(2)11-13-20)27(35)31(28-23)22-9-5-7-19(3)15-22/h5,7,9-13,15,21H,4,6,8,14,16-17H2,1-3H3. The molecule has 1 saturated heterocycles. The van der Waals surface area contributed by atoms with Crippen molar-refractivity contribution < 1.29 is 14.3 Å². The van der Waals surface area contributed by atoms with Gasteiger partial charge in [-0.25, -0.2) is 4.79 Å². The van der Waals surface area contributed by atoms with E-state index >= 15 is 0 Å². The summed E-state index contributed by atoms with van der Waals surface area (Å²) in [6.45, 7) is 6.35. The first kappa shape index (κ1) is 25.1. The minimum absolute atomic E-state index is 0.00197. The van der Waals surface area contributed by atoms with Crippen molar-refractivity contribution in [2.24, 2.45) is 5.92 Å². The van der Waals surface area contributed by atoms with Crippen molar-refractivity contribution in [3.63, 3.8) is 0 Å². The number of carbonyl (C=O) groups excluding carboxylic acids is 2. The van der Waals surface area contributed by atoms with E-state index in [1.165, 1.54) is 4.90 Å². The van der Waals surface area contributed by atoms with E-state index in [4.69, 9.17) is 4.74 Å². The highest BCUT2D eigenvalue weighted by molar-refractivity contribution is 5.92. The van der Waals surface area contributed by atoms with E-state index < -0.39 is 23.1 Å². The lowest BCUT2D eigenvalue weighted by Gasteiger charge is -2.31. The third-order valence-corrected chi connectivity index (χ3v) is 6.30. The minimum atomic E-state index is -0.757. The maximum Gasteiger partial charge on any atom is 0.352 e. The molecule has 1 aliphatic rings. The molecule has 0 spiro atoms. The van der Waals surface area contributed by atoms with Crippen molar-refractivity contribution in [2.45, 2.75) is 40.2 Å². The van der Waals surface area contributed by atoms with E-state index in [0.717, 1.165) is 25.9 Å². The molecule has 3 aromatic rings. The molecule has 0 radical (unpaired) electrons. The number of aromatic nitrogens is 3. The smallest absolute Gasteiger partial charge is 0.352 e. The van der Waals surface area contributed by atoms with Crippen molar-refractivity contribution in [2.75, 3.05) is 19.7 Å². The van der Waals surface area contributed by atoms with E-state index in [1.54, 1.807) is 25.1 Å². The normalized spacial score (nSPS) is 15.5. The van der Waals surface area contributed by atoms with Crippen LogP contribution in [0.4, 0.5) is 0 Å². The lowest BCUT2D eigenvalue weighted by Crippen LogP contribution is -2.49. The van der Waals surface area contributed by atoms with Gasteiger partial charge in [0.15, 0.2) is 0 Å². The number of carbonyl (C=O) groups is 2. The maximum atomic E-state index is 13.5. The molecule has 9 nitrogen and oxygen atoms in total. The first-order chi connectivity index (χ1) is 17.3. The van der Waals surface area contributed by atoms with Crippen molar-refractivity contribution in [1.82, 2.24) is 19.2 Å². The number of ether oxygens (including phenoxy) is 1. The number of hydrogen-bond donors (Lipinski definition) is 0. The van der Waals surface area contributed by atoms with Gasteiger partial charge in [0.05, 0.1) is 24.8 Å².